The van der Waals surface area contributed by atoms with Crippen molar-refractivity contribution in [2.75, 3.05) is 19.6 Å². The number of nitrogens with one attached hydrogen (secondary N) is 1. The van der Waals surface area contributed by atoms with Gasteiger partial charge >= 0.3 is 0 Å². The Hall–Kier alpha value is -1.39. The number of carbonyl (C=O) groups excluding carboxylic acids is 1. The van der Waals surface area contributed by atoms with Crippen molar-refractivity contribution in [1.29, 1.82) is 0 Å². The third-order valence-electron chi connectivity index (χ3n) is 4.45. The summed E-state index contributed by atoms with van der Waals surface area (Å²) in [7, 11) is 0. The Kier molecular flexibility index (Phi) is 5.37. The van der Waals surface area contributed by atoms with E-state index in [9.17, 15) is 4.79 Å². The predicted molar refractivity (Wildman–Crippen MR) is 85.9 cm³/mol. The van der Waals surface area contributed by atoms with Gasteiger partial charge in [0.25, 0.3) is 0 Å². The Morgan fingerprint density at radius 1 is 1.43 bits per heavy atom. The van der Waals surface area contributed by atoms with Gasteiger partial charge in [0.05, 0.1) is 12.6 Å². The van der Waals surface area contributed by atoms with Gasteiger partial charge < -0.3 is 11.1 Å². The van der Waals surface area contributed by atoms with Crippen LogP contribution in [0.1, 0.15) is 37.4 Å². The van der Waals surface area contributed by atoms with Gasteiger partial charge in [0, 0.05) is 12.6 Å². The molecule has 0 aliphatic carbocycles. The number of rotatable bonds is 5. The average molecular weight is 289 g/mol. The molecule has 1 saturated heterocycles. The second-order valence-corrected chi connectivity index (χ2v) is 6.29. The molecule has 0 spiro atoms. The highest BCUT2D eigenvalue weighted by molar-refractivity contribution is 5.78. The van der Waals surface area contributed by atoms with Crippen LogP contribution in [0.25, 0.3) is 0 Å². The van der Waals surface area contributed by atoms with E-state index in [0.29, 0.717) is 12.5 Å². The highest BCUT2D eigenvalue weighted by atomic mass is 16.2. The van der Waals surface area contributed by atoms with Crippen LogP contribution in [0, 0.1) is 12.8 Å². The van der Waals surface area contributed by atoms with E-state index in [1.807, 2.05) is 19.1 Å². The Morgan fingerprint density at radius 3 is 2.76 bits per heavy atom. The first-order valence-electron chi connectivity index (χ1n) is 7.80. The molecule has 0 radical (unpaired) electrons. The van der Waals surface area contributed by atoms with Crippen molar-refractivity contribution in [2.45, 2.75) is 39.3 Å². The van der Waals surface area contributed by atoms with Crippen molar-refractivity contribution in [2.24, 2.45) is 11.7 Å². The summed E-state index contributed by atoms with van der Waals surface area (Å²) in [6.45, 7) is 8.54. The molecule has 21 heavy (non-hydrogen) atoms. The van der Waals surface area contributed by atoms with E-state index in [2.05, 4.69) is 36.2 Å². The third-order valence-corrected chi connectivity index (χ3v) is 4.45. The van der Waals surface area contributed by atoms with Crippen LogP contribution in [0.3, 0.4) is 0 Å². The van der Waals surface area contributed by atoms with Crippen LogP contribution in [0.2, 0.25) is 0 Å². The standard InChI is InChI=1S/C17H27N3O/c1-12-6-4-5-7-16(12)14(3)19-17(21)11-20-9-8-15(10-20)13(2)18/h4-7,13-15H,8-11,18H2,1-3H3,(H,19,21). The highest BCUT2D eigenvalue weighted by Crippen LogP contribution is 2.19. The SMILES string of the molecule is Cc1ccccc1C(C)NC(=O)CN1CCC(C(C)N)C1. The first-order valence-corrected chi connectivity index (χ1v) is 7.80. The van der Waals surface area contributed by atoms with Crippen LogP contribution < -0.4 is 11.1 Å². The average Bonchev–Trinajstić information content (AvgIpc) is 2.87. The second kappa shape index (κ2) is 7.05. The monoisotopic (exact) mass is 289 g/mol. The molecule has 1 aromatic carbocycles. The lowest BCUT2D eigenvalue weighted by molar-refractivity contribution is -0.122. The first kappa shape index (κ1) is 16.0. The number of aryl methyl sites for hydroxylation is 1. The van der Waals surface area contributed by atoms with E-state index in [1.165, 1.54) is 11.1 Å². The van der Waals surface area contributed by atoms with Crippen molar-refractivity contribution < 1.29 is 4.79 Å². The van der Waals surface area contributed by atoms with Gasteiger partial charge in [-0.05, 0) is 50.8 Å². The molecule has 1 aromatic rings. The smallest absolute Gasteiger partial charge is 0.234 e. The van der Waals surface area contributed by atoms with E-state index in [4.69, 9.17) is 5.73 Å². The van der Waals surface area contributed by atoms with E-state index >= 15 is 0 Å². The summed E-state index contributed by atoms with van der Waals surface area (Å²) in [4.78, 5) is 14.4. The Balaban J connectivity index is 1.84. The topological polar surface area (TPSA) is 58.4 Å². The fourth-order valence-electron chi connectivity index (χ4n) is 3.08. The van der Waals surface area contributed by atoms with Crippen LogP contribution in [0.4, 0.5) is 0 Å². The van der Waals surface area contributed by atoms with Gasteiger partial charge in [-0.1, -0.05) is 24.3 Å². The van der Waals surface area contributed by atoms with E-state index in [-0.39, 0.29) is 18.0 Å². The van der Waals surface area contributed by atoms with Crippen LogP contribution in [-0.4, -0.2) is 36.5 Å². The molecule has 3 atom stereocenters. The van der Waals surface area contributed by atoms with Gasteiger partial charge in [-0.3, -0.25) is 9.69 Å². The summed E-state index contributed by atoms with van der Waals surface area (Å²) in [6.07, 6.45) is 1.10. The fourth-order valence-corrected chi connectivity index (χ4v) is 3.08. The minimum atomic E-state index is 0.0468. The minimum Gasteiger partial charge on any atom is -0.348 e. The molecule has 4 heteroatoms. The predicted octanol–water partition coefficient (Wildman–Crippen LogP) is 1.84. The van der Waals surface area contributed by atoms with Crippen molar-refractivity contribution in [1.82, 2.24) is 10.2 Å². The second-order valence-electron chi connectivity index (χ2n) is 6.29. The number of hydrogen-bond donors (Lipinski definition) is 2. The number of nitrogens with zero attached hydrogens (tertiary/aromatic N) is 1. The minimum absolute atomic E-state index is 0.0468. The zero-order chi connectivity index (χ0) is 15.4. The molecule has 3 N–H and O–H groups in total. The molecule has 1 fully saturated rings. The summed E-state index contributed by atoms with van der Waals surface area (Å²) in [5.74, 6) is 0.614. The number of nitrogens with two attached hydrogens (primary N) is 1. The summed E-state index contributed by atoms with van der Waals surface area (Å²) in [5, 5.41) is 3.10. The summed E-state index contributed by atoms with van der Waals surface area (Å²) >= 11 is 0. The fraction of sp³-hybridized carbons (Fsp3) is 0.588. The Labute approximate surface area is 127 Å². The number of amides is 1. The Morgan fingerprint density at radius 2 is 2.14 bits per heavy atom. The van der Waals surface area contributed by atoms with E-state index in [0.717, 1.165) is 19.5 Å². The molecule has 1 amide bonds. The van der Waals surface area contributed by atoms with Crippen LogP contribution in [0.15, 0.2) is 24.3 Å². The van der Waals surface area contributed by atoms with Gasteiger partial charge in [0.1, 0.15) is 0 Å². The zero-order valence-electron chi connectivity index (χ0n) is 13.3. The molecule has 4 nitrogen and oxygen atoms in total. The maximum absolute atomic E-state index is 12.2. The molecule has 0 aromatic heterocycles. The molecule has 1 heterocycles. The Bertz CT molecular complexity index is 487. The summed E-state index contributed by atoms with van der Waals surface area (Å²) < 4.78 is 0. The molecule has 2 rings (SSSR count). The van der Waals surface area contributed by atoms with E-state index in [1.54, 1.807) is 0 Å². The van der Waals surface area contributed by atoms with Crippen molar-refractivity contribution in [3.63, 3.8) is 0 Å². The van der Waals surface area contributed by atoms with Crippen molar-refractivity contribution in [3.05, 3.63) is 35.4 Å². The van der Waals surface area contributed by atoms with Gasteiger partial charge in [-0.25, -0.2) is 0 Å². The van der Waals surface area contributed by atoms with Gasteiger partial charge in [-0.2, -0.15) is 0 Å². The molecular weight excluding hydrogens is 262 g/mol. The molecule has 0 bridgehead atoms. The van der Waals surface area contributed by atoms with Crippen LogP contribution >= 0.6 is 0 Å². The number of hydrogen-bond acceptors (Lipinski definition) is 3. The van der Waals surface area contributed by atoms with Crippen LogP contribution in [0.5, 0.6) is 0 Å². The molecule has 3 unspecified atom stereocenters. The lowest BCUT2D eigenvalue weighted by atomic mass is 10.0. The van der Waals surface area contributed by atoms with Gasteiger partial charge in [0.2, 0.25) is 5.91 Å². The van der Waals surface area contributed by atoms with Gasteiger partial charge in [-0.15, -0.1) is 0 Å². The van der Waals surface area contributed by atoms with Crippen molar-refractivity contribution >= 4 is 5.91 Å². The van der Waals surface area contributed by atoms with E-state index < -0.39 is 0 Å². The summed E-state index contributed by atoms with van der Waals surface area (Å²) in [5.41, 5.74) is 8.33. The number of carbonyl (C=O) groups is 1. The lowest BCUT2D eigenvalue weighted by Gasteiger charge is -2.20. The quantitative estimate of drug-likeness (QED) is 0.869. The molecular formula is C17H27N3O. The number of benzene rings is 1. The molecule has 116 valence electrons. The van der Waals surface area contributed by atoms with Crippen molar-refractivity contribution in [3.8, 4) is 0 Å². The maximum atomic E-state index is 12.2. The molecule has 1 aliphatic heterocycles. The van der Waals surface area contributed by atoms with Crippen LogP contribution in [-0.2, 0) is 4.79 Å². The largest absolute Gasteiger partial charge is 0.348 e. The highest BCUT2D eigenvalue weighted by Gasteiger charge is 2.26. The zero-order valence-corrected chi connectivity index (χ0v) is 13.3. The third kappa shape index (κ3) is 4.29. The normalized spacial score (nSPS) is 22.0. The molecule has 1 aliphatic rings. The maximum Gasteiger partial charge on any atom is 0.234 e. The molecule has 0 saturated carbocycles. The summed E-state index contributed by atoms with van der Waals surface area (Å²) in [6, 6.07) is 8.44. The number of likely N-dealkylation sites (tertiary alicyclic amines) is 1. The first-order chi connectivity index (χ1) is 9.97. The lowest BCUT2D eigenvalue weighted by Crippen LogP contribution is -2.38. The van der Waals surface area contributed by atoms with Gasteiger partial charge in [0.15, 0.2) is 0 Å².